The zero-order valence-corrected chi connectivity index (χ0v) is 21.5. The average Bonchev–Trinajstić information content (AvgIpc) is 3.63. The molecule has 4 aliphatic heterocycles. The molecule has 3 saturated heterocycles. The molecule has 4 aliphatic rings. The van der Waals surface area contributed by atoms with Crippen LogP contribution in [0.15, 0.2) is 71.5 Å². The van der Waals surface area contributed by atoms with Crippen LogP contribution in [0.1, 0.15) is 24.2 Å². The Bertz CT molecular complexity index is 1800. The van der Waals surface area contributed by atoms with Gasteiger partial charge in [0, 0.05) is 16.6 Å². The predicted octanol–water partition coefficient (Wildman–Crippen LogP) is 4.53. The molecular formula is C29H20Cl2N4O3. The largest absolute Gasteiger partial charge is 0.283 e. The molecule has 0 N–H and O–H groups in total. The summed E-state index contributed by atoms with van der Waals surface area (Å²) in [5.74, 6) is -1.48. The predicted molar refractivity (Wildman–Crippen MR) is 144 cm³/mol. The van der Waals surface area contributed by atoms with Crippen molar-refractivity contribution in [3.63, 3.8) is 0 Å². The Balaban J connectivity index is 1.45. The maximum absolute atomic E-state index is 14.5. The number of hydrogen-bond donors (Lipinski definition) is 0. The standard InChI is InChI=1S/C29H20Cl2N4O3/c30-15-11-12-18(31)22(14-15)34-26(37)23-21-10-5-13-33(21)29(24(23)27(34)38)17-7-2-4-9-20(17)35-25(36)16-6-1-3-8-19(16)32-28(29)35/h1-4,6-9,11-12,14,21,23-24H,5,10,13H2/t21-,23+,24+,29+/m0/s1. The summed E-state index contributed by atoms with van der Waals surface area (Å²) in [7, 11) is 0. The van der Waals surface area contributed by atoms with Crippen LogP contribution in [0.2, 0.25) is 10.0 Å². The fourth-order valence-electron chi connectivity index (χ4n) is 7.51. The van der Waals surface area contributed by atoms with Crippen LogP contribution in [0.4, 0.5) is 5.69 Å². The lowest BCUT2D eigenvalue weighted by Crippen LogP contribution is -2.51. The first-order chi connectivity index (χ1) is 18.4. The van der Waals surface area contributed by atoms with E-state index in [1.165, 1.54) is 4.90 Å². The minimum absolute atomic E-state index is 0.164. The van der Waals surface area contributed by atoms with E-state index in [9.17, 15) is 14.4 Å². The van der Waals surface area contributed by atoms with E-state index in [-0.39, 0.29) is 28.4 Å². The van der Waals surface area contributed by atoms with E-state index in [4.69, 9.17) is 28.2 Å². The summed E-state index contributed by atoms with van der Waals surface area (Å²) in [6.45, 7) is 0.702. The smallest absolute Gasteiger partial charge is 0.266 e. The molecule has 4 aromatic rings. The zero-order valence-electron chi connectivity index (χ0n) is 20.0. The van der Waals surface area contributed by atoms with Gasteiger partial charge in [-0.2, -0.15) is 0 Å². The average molecular weight is 543 g/mol. The first-order valence-corrected chi connectivity index (χ1v) is 13.4. The first-order valence-electron chi connectivity index (χ1n) is 12.7. The number of benzene rings is 3. The number of carbonyl (C=O) groups excluding carboxylic acids is 2. The van der Waals surface area contributed by atoms with Gasteiger partial charge in [0.2, 0.25) is 11.8 Å². The molecule has 7 nitrogen and oxygen atoms in total. The molecule has 8 rings (SSSR count). The molecule has 0 radical (unpaired) electrons. The first kappa shape index (κ1) is 22.5. The number of fused-ring (bicyclic) bond motifs is 11. The van der Waals surface area contributed by atoms with Crippen LogP contribution >= 0.6 is 23.2 Å². The van der Waals surface area contributed by atoms with Gasteiger partial charge in [0.05, 0.1) is 39.1 Å². The SMILES string of the molecule is O=C1[C@@H]2[C@@H]3CCCN3[C@]3(c4ccccc4-n4c3nc3ccccc3c4=O)[C@H]2C(=O)N1c1cc(Cl)ccc1Cl. The lowest BCUT2D eigenvalue weighted by Gasteiger charge is -2.38. The Labute approximate surface area is 227 Å². The van der Waals surface area contributed by atoms with E-state index >= 15 is 0 Å². The summed E-state index contributed by atoms with van der Waals surface area (Å²) in [5.41, 5.74) is 1.16. The van der Waals surface area contributed by atoms with Crippen molar-refractivity contribution in [1.82, 2.24) is 14.5 Å². The zero-order chi connectivity index (χ0) is 25.9. The number of para-hydroxylation sites is 2. The highest BCUT2D eigenvalue weighted by atomic mass is 35.5. The molecule has 0 aliphatic carbocycles. The second kappa shape index (κ2) is 7.53. The minimum atomic E-state index is -1.06. The van der Waals surface area contributed by atoms with Crippen LogP contribution in [0.25, 0.3) is 16.6 Å². The Morgan fingerprint density at radius 3 is 2.55 bits per heavy atom. The molecule has 0 unspecified atom stereocenters. The summed E-state index contributed by atoms with van der Waals surface area (Å²) in [6.07, 6.45) is 1.66. The van der Waals surface area contributed by atoms with Gasteiger partial charge in [-0.1, -0.05) is 53.5 Å². The number of halogens is 2. The van der Waals surface area contributed by atoms with Gasteiger partial charge in [-0.05, 0) is 55.8 Å². The molecule has 38 heavy (non-hydrogen) atoms. The number of imide groups is 1. The highest BCUT2D eigenvalue weighted by Crippen LogP contribution is 2.62. The summed E-state index contributed by atoms with van der Waals surface area (Å²) in [6, 6.07) is 19.6. The van der Waals surface area contributed by atoms with Crippen molar-refractivity contribution in [1.29, 1.82) is 0 Å². The molecule has 1 aromatic heterocycles. The van der Waals surface area contributed by atoms with E-state index in [1.54, 1.807) is 28.8 Å². The lowest BCUT2D eigenvalue weighted by molar-refractivity contribution is -0.124. The fourth-order valence-corrected chi connectivity index (χ4v) is 7.88. The number of amides is 2. The van der Waals surface area contributed by atoms with E-state index in [0.717, 1.165) is 18.4 Å². The van der Waals surface area contributed by atoms with Crippen molar-refractivity contribution in [2.24, 2.45) is 11.8 Å². The number of carbonyl (C=O) groups is 2. The normalized spacial score (nSPS) is 27.3. The van der Waals surface area contributed by atoms with E-state index in [1.807, 2.05) is 42.5 Å². The van der Waals surface area contributed by atoms with Crippen LogP contribution in [0.5, 0.6) is 0 Å². The van der Waals surface area contributed by atoms with Gasteiger partial charge in [-0.3, -0.25) is 23.9 Å². The summed E-state index contributed by atoms with van der Waals surface area (Å²) in [5, 5.41) is 1.17. The summed E-state index contributed by atoms with van der Waals surface area (Å²) >= 11 is 12.8. The van der Waals surface area contributed by atoms with Crippen LogP contribution in [0.3, 0.4) is 0 Å². The van der Waals surface area contributed by atoms with Gasteiger partial charge in [-0.15, -0.1) is 0 Å². The van der Waals surface area contributed by atoms with Gasteiger partial charge in [0.15, 0.2) is 0 Å². The van der Waals surface area contributed by atoms with Gasteiger partial charge in [0.25, 0.3) is 5.56 Å². The molecule has 0 bridgehead atoms. The Kier molecular flexibility index (Phi) is 4.45. The minimum Gasteiger partial charge on any atom is -0.283 e. The summed E-state index contributed by atoms with van der Waals surface area (Å²) in [4.78, 5) is 51.1. The number of nitrogens with zero attached hydrogens (tertiary/aromatic N) is 4. The maximum atomic E-state index is 14.5. The molecule has 3 fully saturated rings. The van der Waals surface area contributed by atoms with Crippen LogP contribution < -0.4 is 10.5 Å². The molecule has 1 spiro atoms. The number of anilines is 1. The van der Waals surface area contributed by atoms with Crippen LogP contribution in [-0.4, -0.2) is 38.9 Å². The second-order valence-electron chi connectivity index (χ2n) is 10.4. The van der Waals surface area contributed by atoms with Crippen molar-refractivity contribution in [3.05, 3.63) is 98.5 Å². The third kappa shape index (κ3) is 2.50. The molecule has 188 valence electrons. The molecule has 9 heteroatoms. The maximum Gasteiger partial charge on any atom is 0.266 e. The Morgan fingerprint density at radius 2 is 1.68 bits per heavy atom. The van der Waals surface area contributed by atoms with Crippen LogP contribution in [0, 0.1) is 11.8 Å². The Hall–Kier alpha value is -3.52. The number of rotatable bonds is 1. The van der Waals surface area contributed by atoms with Gasteiger partial charge in [0.1, 0.15) is 11.4 Å². The summed E-state index contributed by atoms with van der Waals surface area (Å²) < 4.78 is 1.65. The molecule has 3 aromatic carbocycles. The van der Waals surface area contributed by atoms with Crippen molar-refractivity contribution >= 4 is 51.6 Å². The van der Waals surface area contributed by atoms with Gasteiger partial charge < -0.3 is 0 Å². The van der Waals surface area contributed by atoms with E-state index in [2.05, 4.69) is 4.90 Å². The third-order valence-electron chi connectivity index (χ3n) is 8.79. The molecule has 5 heterocycles. The fraction of sp³-hybridized carbons (Fsp3) is 0.241. The van der Waals surface area contributed by atoms with Crippen molar-refractivity contribution < 1.29 is 9.59 Å². The monoisotopic (exact) mass is 542 g/mol. The Morgan fingerprint density at radius 1 is 0.895 bits per heavy atom. The van der Waals surface area contributed by atoms with Crippen molar-refractivity contribution in [2.45, 2.75) is 24.4 Å². The number of aromatic nitrogens is 2. The van der Waals surface area contributed by atoms with Crippen molar-refractivity contribution in [3.8, 4) is 5.69 Å². The highest BCUT2D eigenvalue weighted by molar-refractivity contribution is 6.38. The molecule has 2 amide bonds. The number of hydrogen-bond acceptors (Lipinski definition) is 5. The third-order valence-corrected chi connectivity index (χ3v) is 9.34. The van der Waals surface area contributed by atoms with E-state index < -0.39 is 17.4 Å². The van der Waals surface area contributed by atoms with Gasteiger partial charge >= 0.3 is 0 Å². The lowest BCUT2D eigenvalue weighted by atomic mass is 9.75. The highest BCUT2D eigenvalue weighted by Gasteiger charge is 2.73. The topological polar surface area (TPSA) is 75.5 Å². The molecular weight excluding hydrogens is 523 g/mol. The van der Waals surface area contributed by atoms with Crippen LogP contribution in [-0.2, 0) is 15.1 Å². The van der Waals surface area contributed by atoms with Gasteiger partial charge in [-0.25, -0.2) is 9.88 Å². The van der Waals surface area contributed by atoms with E-state index in [0.29, 0.717) is 39.7 Å². The molecule has 4 atom stereocenters. The second-order valence-corrected chi connectivity index (χ2v) is 11.2. The molecule has 0 saturated carbocycles. The van der Waals surface area contributed by atoms with Crippen molar-refractivity contribution in [2.75, 3.05) is 11.4 Å². The quantitative estimate of drug-likeness (QED) is 0.330.